The number of rotatable bonds is 7. The summed E-state index contributed by atoms with van der Waals surface area (Å²) in [4.78, 5) is 0. The number of nitrogens with zero attached hydrogens (tertiary/aromatic N) is 1. The normalized spacial score (nSPS) is 13.2. The standard InChI is InChI=1S/C17H26N2O/c1-13(2)9-18-10-15-5-4-6-17-16(15)7-8-19(17)11-14(3)12-20/h4-8,13-14,18,20H,9-12H2,1-3H3. The van der Waals surface area contributed by atoms with Gasteiger partial charge in [-0.25, -0.2) is 0 Å². The molecule has 0 bridgehead atoms. The van der Waals surface area contributed by atoms with Crippen LogP contribution < -0.4 is 5.32 Å². The largest absolute Gasteiger partial charge is 0.396 e. The molecule has 0 radical (unpaired) electrons. The predicted molar refractivity (Wildman–Crippen MR) is 84.7 cm³/mol. The van der Waals surface area contributed by atoms with E-state index in [2.05, 4.69) is 61.1 Å². The SMILES string of the molecule is CC(C)CNCc1cccc2c1ccn2CC(C)CO. The van der Waals surface area contributed by atoms with Crippen molar-refractivity contribution in [2.45, 2.75) is 33.9 Å². The molecule has 1 atom stereocenters. The Kier molecular flexibility index (Phi) is 5.21. The van der Waals surface area contributed by atoms with Crippen LogP contribution in [0.2, 0.25) is 0 Å². The molecular weight excluding hydrogens is 248 g/mol. The fourth-order valence-corrected chi connectivity index (χ4v) is 2.49. The minimum atomic E-state index is 0.231. The molecule has 1 unspecified atom stereocenters. The molecule has 1 aromatic carbocycles. The molecule has 2 N–H and O–H groups in total. The van der Waals surface area contributed by atoms with Crippen molar-refractivity contribution in [1.82, 2.24) is 9.88 Å². The maximum absolute atomic E-state index is 9.21. The van der Waals surface area contributed by atoms with Gasteiger partial charge in [-0.1, -0.05) is 32.9 Å². The summed E-state index contributed by atoms with van der Waals surface area (Å²) < 4.78 is 2.24. The average Bonchev–Trinajstić information content (AvgIpc) is 2.82. The smallest absolute Gasteiger partial charge is 0.0483 e. The van der Waals surface area contributed by atoms with Crippen molar-refractivity contribution in [2.24, 2.45) is 11.8 Å². The van der Waals surface area contributed by atoms with E-state index in [9.17, 15) is 5.11 Å². The highest BCUT2D eigenvalue weighted by atomic mass is 16.3. The molecule has 2 aromatic rings. The van der Waals surface area contributed by atoms with E-state index >= 15 is 0 Å². The Labute approximate surface area is 121 Å². The minimum absolute atomic E-state index is 0.231. The van der Waals surface area contributed by atoms with Crippen LogP contribution in [0.1, 0.15) is 26.3 Å². The first-order chi connectivity index (χ1) is 9.61. The van der Waals surface area contributed by atoms with E-state index in [1.54, 1.807) is 0 Å². The van der Waals surface area contributed by atoms with Gasteiger partial charge in [-0.3, -0.25) is 0 Å². The van der Waals surface area contributed by atoms with E-state index in [4.69, 9.17) is 0 Å². The maximum Gasteiger partial charge on any atom is 0.0483 e. The van der Waals surface area contributed by atoms with Crippen LogP contribution in [-0.4, -0.2) is 22.8 Å². The van der Waals surface area contributed by atoms with Gasteiger partial charge in [-0.05, 0) is 36.1 Å². The predicted octanol–water partition coefficient (Wildman–Crippen LogP) is 3.02. The number of fused-ring (bicyclic) bond motifs is 1. The third-order valence-corrected chi connectivity index (χ3v) is 3.59. The summed E-state index contributed by atoms with van der Waals surface area (Å²) in [6.07, 6.45) is 2.13. The third kappa shape index (κ3) is 3.62. The number of aromatic nitrogens is 1. The Hall–Kier alpha value is -1.32. The zero-order valence-electron chi connectivity index (χ0n) is 12.8. The number of benzene rings is 1. The molecule has 0 aliphatic heterocycles. The molecule has 0 amide bonds. The molecule has 0 aliphatic rings. The van der Waals surface area contributed by atoms with Gasteiger partial charge in [0.05, 0.1) is 0 Å². The zero-order chi connectivity index (χ0) is 14.5. The van der Waals surface area contributed by atoms with Crippen molar-refractivity contribution >= 4 is 10.9 Å². The zero-order valence-corrected chi connectivity index (χ0v) is 12.8. The van der Waals surface area contributed by atoms with Crippen LogP contribution in [0.25, 0.3) is 10.9 Å². The summed E-state index contributed by atoms with van der Waals surface area (Å²) in [7, 11) is 0. The van der Waals surface area contributed by atoms with Gasteiger partial charge in [0.2, 0.25) is 0 Å². The van der Waals surface area contributed by atoms with Crippen molar-refractivity contribution in [3.8, 4) is 0 Å². The topological polar surface area (TPSA) is 37.2 Å². The van der Waals surface area contributed by atoms with Gasteiger partial charge in [-0.2, -0.15) is 0 Å². The van der Waals surface area contributed by atoms with Crippen molar-refractivity contribution in [3.63, 3.8) is 0 Å². The van der Waals surface area contributed by atoms with Crippen LogP contribution in [0.4, 0.5) is 0 Å². The summed E-state index contributed by atoms with van der Waals surface area (Å²) in [6.45, 7) is 9.56. The molecule has 3 heteroatoms. The Bertz CT molecular complexity index is 545. The molecule has 20 heavy (non-hydrogen) atoms. The van der Waals surface area contributed by atoms with Gasteiger partial charge < -0.3 is 15.0 Å². The number of aliphatic hydroxyl groups excluding tert-OH is 1. The number of hydrogen-bond acceptors (Lipinski definition) is 2. The fourth-order valence-electron chi connectivity index (χ4n) is 2.49. The lowest BCUT2D eigenvalue weighted by Crippen LogP contribution is -2.19. The molecule has 0 saturated heterocycles. The van der Waals surface area contributed by atoms with Gasteiger partial charge in [0.15, 0.2) is 0 Å². The number of hydrogen-bond donors (Lipinski definition) is 2. The fraction of sp³-hybridized carbons (Fsp3) is 0.529. The van der Waals surface area contributed by atoms with Crippen LogP contribution in [0, 0.1) is 11.8 Å². The molecule has 1 aromatic heterocycles. The van der Waals surface area contributed by atoms with Gasteiger partial charge in [0.1, 0.15) is 0 Å². The van der Waals surface area contributed by atoms with Crippen LogP contribution in [0.15, 0.2) is 30.5 Å². The van der Waals surface area contributed by atoms with Crippen molar-refractivity contribution < 1.29 is 5.11 Å². The Morgan fingerprint density at radius 3 is 2.70 bits per heavy atom. The molecule has 0 saturated carbocycles. The Morgan fingerprint density at radius 2 is 2.00 bits per heavy atom. The monoisotopic (exact) mass is 274 g/mol. The maximum atomic E-state index is 9.21. The molecular formula is C17H26N2O. The van der Waals surface area contributed by atoms with Crippen LogP contribution in [-0.2, 0) is 13.1 Å². The van der Waals surface area contributed by atoms with Gasteiger partial charge in [-0.15, -0.1) is 0 Å². The van der Waals surface area contributed by atoms with Crippen molar-refractivity contribution in [2.75, 3.05) is 13.2 Å². The lowest BCUT2D eigenvalue weighted by atomic mass is 10.1. The first-order valence-corrected chi connectivity index (χ1v) is 7.50. The summed E-state index contributed by atoms with van der Waals surface area (Å²) in [5, 5.41) is 14.0. The first kappa shape index (κ1) is 15.1. The summed E-state index contributed by atoms with van der Waals surface area (Å²) in [6, 6.07) is 8.65. The average molecular weight is 274 g/mol. The van der Waals surface area contributed by atoms with Crippen LogP contribution >= 0.6 is 0 Å². The molecule has 0 aliphatic carbocycles. The number of aliphatic hydroxyl groups is 1. The quantitative estimate of drug-likeness (QED) is 0.814. The van der Waals surface area contributed by atoms with Crippen molar-refractivity contribution in [3.05, 3.63) is 36.0 Å². The van der Waals surface area contributed by atoms with Gasteiger partial charge in [0.25, 0.3) is 0 Å². The molecule has 1 heterocycles. The lowest BCUT2D eigenvalue weighted by Gasteiger charge is -2.12. The number of nitrogens with one attached hydrogen (secondary N) is 1. The molecule has 0 fully saturated rings. The van der Waals surface area contributed by atoms with Crippen LogP contribution in [0.3, 0.4) is 0 Å². The second-order valence-electron chi connectivity index (χ2n) is 6.13. The van der Waals surface area contributed by atoms with E-state index < -0.39 is 0 Å². The highest BCUT2D eigenvalue weighted by Crippen LogP contribution is 2.21. The van der Waals surface area contributed by atoms with E-state index in [0.29, 0.717) is 5.92 Å². The van der Waals surface area contributed by atoms with Crippen molar-refractivity contribution in [1.29, 1.82) is 0 Å². The second kappa shape index (κ2) is 6.91. The van der Waals surface area contributed by atoms with Gasteiger partial charge >= 0.3 is 0 Å². The van der Waals surface area contributed by atoms with Crippen LogP contribution in [0.5, 0.6) is 0 Å². The molecule has 3 nitrogen and oxygen atoms in total. The van der Waals surface area contributed by atoms with E-state index in [0.717, 1.165) is 19.6 Å². The third-order valence-electron chi connectivity index (χ3n) is 3.59. The summed E-state index contributed by atoms with van der Waals surface area (Å²) in [5.41, 5.74) is 2.60. The lowest BCUT2D eigenvalue weighted by molar-refractivity contribution is 0.224. The summed E-state index contributed by atoms with van der Waals surface area (Å²) >= 11 is 0. The van der Waals surface area contributed by atoms with E-state index in [-0.39, 0.29) is 12.5 Å². The minimum Gasteiger partial charge on any atom is -0.396 e. The molecule has 2 rings (SSSR count). The molecule has 110 valence electrons. The van der Waals surface area contributed by atoms with E-state index in [1.807, 2.05) is 0 Å². The first-order valence-electron chi connectivity index (χ1n) is 7.50. The van der Waals surface area contributed by atoms with E-state index in [1.165, 1.54) is 16.5 Å². The Balaban J connectivity index is 2.16. The summed E-state index contributed by atoms with van der Waals surface area (Å²) in [5.74, 6) is 0.956. The highest BCUT2D eigenvalue weighted by Gasteiger charge is 2.08. The second-order valence-corrected chi connectivity index (χ2v) is 6.13. The molecule has 0 spiro atoms. The van der Waals surface area contributed by atoms with Gasteiger partial charge in [0, 0.05) is 36.8 Å². The Morgan fingerprint density at radius 1 is 1.20 bits per heavy atom. The highest BCUT2D eigenvalue weighted by molar-refractivity contribution is 5.83.